The van der Waals surface area contributed by atoms with Gasteiger partial charge in [0.2, 0.25) is 0 Å². The molecule has 0 saturated heterocycles. The van der Waals surface area contributed by atoms with E-state index in [-0.39, 0.29) is 5.97 Å². The van der Waals surface area contributed by atoms with Crippen molar-refractivity contribution in [2.24, 2.45) is 0 Å². The van der Waals surface area contributed by atoms with Crippen molar-refractivity contribution in [2.75, 3.05) is 0 Å². The number of carbonyl (C=O) groups is 1. The number of carbonyl (C=O) groups excluding carboxylic acids is 1. The highest BCUT2D eigenvalue weighted by molar-refractivity contribution is 5.89. The standard InChI is InChI=1S/C12H12N2O2/c1-10(14-9-5-8-13-14)16-12(15)11-6-3-2-4-7-11/h2-10H,1H3. The van der Waals surface area contributed by atoms with E-state index >= 15 is 0 Å². The lowest BCUT2D eigenvalue weighted by molar-refractivity contribution is 0.0118. The molecule has 1 aromatic carbocycles. The average molecular weight is 216 g/mol. The lowest BCUT2D eigenvalue weighted by Gasteiger charge is -2.13. The molecule has 1 unspecified atom stereocenters. The van der Waals surface area contributed by atoms with Crippen LogP contribution >= 0.6 is 0 Å². The summed E-state index contributed by atoms with van der Waals surface area (Å²) in [7, 11) is 0. The van der Waals surface area contributed by atoms with Crippen molar-refractivity contribution in [1.82, 2.24) is 9.78 Å². The number of hydrogen-bond donors (Lipinski definition) is 0. The summed E-state index contributed by atoms with van der Waals surface area (Å²) in [5.41, 5.74) is 0.543. The fourth-order valence-corrected chi connectivity index (χ4v) is 1.35. The monoisotopic (exact) mass is 216 g/mol. The van der Waals surface area contributed by atoms with Gasteiger partial charge in [-0.3, -0.25) is 0 Å². The van der Waals surface area contributed by atoms with E-state index < -0.39 is 6.23 Å². The molecule has 0 bridgehead atoms. The van der Waals surface area contributed by atoms with Crippen LogP contribution in [0.4, 0.5) is 0 Å². The molecule has 82 valence electrons. The molecule has 2 rings (SSSR count). The largest absolute Gasteiger partial charge is 0.436 e. The quantitative estimate of drug-likeness (QED) is 0.739. The van der Waals surface area contributed by atoms with E-state index in [4.69, 9.17) is 4.74 Å². The first-order valence-electron chi connectivity index (χ1n) is 5.02. The highest BCUT2D eigenvalue weighted by atomic mass is 16.6. The summed E-state index contributed by atoms with van der Waals surface area (Å²) in [6.07, 6.45) is 3.00. The van der Waals surface area contributed by atoms with Gasteiger partial charge in [-0.15, -0.1) is 0 Å². The Kier molecular flexibility index (Phi) is 3.00. The molecule has 1 heterocycles. The minimum Gasteiger partial charge on any atom is -0.436 e. The Morgan fingerprint density at radius 3 is 2.69 bits per heavy atom. The van der Waals surface area contributed by atoms with Crippen molar-refractivity contribution >= 4 is 5.97 Å². The molecular weight excluding hydrogens is 204 g/mol. The third-order valence-corrected chi connectivity index (χ3v) is 2.18. The van der Waals surface area contributed by atoms with Gasteiger partial charge in [0.05, 0.1) is 5.56 Å². The Labute approximate surface area is 93.5 Å². The second-order valence-electron chi connectivity index (χ2n) is 3.36. The first-order chi connectivity index (χ1) is 7.77. The lowest BCUT2D eigenvalue weighted by Crippen LogP contribution is -2.15. The predicted octanol–water partition coefficient (Wildman–Crippen LogP) is 2.26. The molecule has 0 spiro atoms. The number of rotatable bonds is 3. The third-order valence-electron chi connectivity index (χ3n) is 2.18. The van der Waals surface area contributed by atoms with Crippen molar-refractivity contribution in [3.63, 3.8) is 0 Å². The van der Waals surface area contributed by atoms with E-state index in [1.807, 2.05) is 6.07 Å². The molecule has 1 atom stereocenters. The van der Waals surface area contributed by atoms with Crippen LogP contribution in [0.2, 0.25) is 0 Å². The lowest BCUT2D eigenvalue weighted by atomic mass is 10.2. The van der Waals surface area contributed by atoms with Crippen molar-refractivity contribution in [1.29, 1.82) is 0 Å². The molecular formula is C12H12N2O2. The molecule has 1 aromatic heterocycles. The zero-order valence-corrected chi connectivity index (χ0v) is 8.91. The minimum atomic E-state index is -0.400. The molecule has 4 nitrogen and oxygen atoms in total. The van der Waals surface area contributed by atoms with E-state index in [1.54, 1.807) is 54.3 Å². The molecule has 0 fully saturated rings. The van der Waals surface area contributed by atoms with Gasteiger partial charge in [0.15, 0.2) is 6.23 Å². The fraction of sp³-hybridized carbons (Fsp3) is 0.167. The number of esters is 1. The molecule has 0 N–H and O–H groups in total. The van der Waals surface area contributed by atoms with Crippen molar-refractivity contribution < 1.29 is 9.53 Å². The molecule has 0 aliphatic rings. The summed E-state index contributed by atoms with van der Waals surface area (Å²) in [5.74, 6) is -0.344. The highest BCUT2D eigenvalue weighted by Crippen LogP contribution is 2.10. The maximum absolute atomic E-state index is 11.7. The van der Waals surface area contributed by atoms with E-state index in [0.717, 1.165) is 0 Å². The number of nitrogens with zero attached hydrogens (tertiary/aromatic N) is 2. The average Bonchev–Trinajstić information content (AvgIpc) is 2.83. The zero-order chi connectivity index (χ0) is 11.4. The maximum atomic E-state index is 11.7. The fourth-order valence-electron chi connectivity index (χ4n) is 1.35. The van der Waals surface area contributed by atoms with Gasteiger partial charge in [0, 0.05) is 12.4 Å². The van der Waals surface area contributed by atoms with Crippen LogP contribution in [0.25, 0.3) is 0 Å². The van der Waals surface area contributed by atoms with Crippen LogP contribution in [0.3, 0.4) is 0 Å². The topological polar surface area (TPSA) is 44.1 Å². The van der Waals surface area contributed by atoms with Gasteiger partial charge in [-0.05, 0) is 25.1 Å². The van der Waals surface area contributed by atoms with Crippen LogP contribution in [0.15, 0.2) is 48.8 Å². The Bertz CT molecular complexity index is 451. The van der Waals surface area contributed by atoms with Gasteiger partial charge in [0.25, 0.3) is 0 Å². The summed E-state index contributed by atoms with van der Waals surface area (Å²) in [6, 6.07) is 10.7. The SMILES string of the molecule is CC(OC(=O)c1ccccc1)n1cccn1. The first kappa shape index (κ1) is 10.4. The van der Waals surface area contributed by atoms with Gasteiger partial charge in [-0.2, -0.15) is 5.10 Å². The second-order valence-corrected chi connectivity index (χ2v) is 3.36. The van der Waals surface area contributed by atoms with Crippen LogP contribution in [0.5, 0.6) is 0 Å². The number of benzene rings is 1. The van der Waals surface area contributed by atoms with Gasteiger partial charge in [-0.1, -0.05) is 18.2 Å². The molecule has 16 heavy (non-hydrogen) atoms. The molecule has 0 radical (unpaired) electrons. The Hall–Kier alpha value is -2.10. The zero-order valence-electron chi connectivity index (χ0n) is 8.91. The summed E-state index contributed by atoms with van der Waals surface area (Å²) in [4.78, 5) is 11.7. The highest BCUT2D eigenvalue weighted by Gasteiger charge is 2.12. The summed E-state index contributed by atoms with van der Waals surface area (Å²) in [6.45, 7) is 1.77. The van der Waals surface area contributed by atoms with Gasteiger partial charge >= 0.3 is 5.97 Å². The predicted molar refractivity (Wildman–Crippen MR) is 58.8 cm³/mol. The number of ether oxygens (including phenoxy) is 1. The van der Waals surface area contributed by atoms with Crippen LogP contribution in [0, 0.1) is 0 Å². The number of aromatic nitrogens is 2. The molecule has 4 heteroatoms. The summed E-state index contributed by atoms with van der Waals surface area (Å²) < 4.78 is 6.83. The van der Waals surface area contributed by atoms with Crippen molar-refractivity contribution in [3.8, 4) is 0 Å². The van der Waals surface area contributed by atoms with Crippen molar-refractivity contribution in [2.45, 2.75) is 13.2 Å². The smallest absolute Gasteiger partial charge is 0.340 e. The van der Waals surface area contributed by atoms with Crippen LogP contribution in [-0.4, -0.2) is 15.7 Å². The van der Waals surface area contributed by atoms with E-state index in [1.165, 1.54) is 0 Å². The van der Waals surface area contributed by atoms with Crippen LogP contribution < -0.4 is 0 Å². The van der Waals surface area contributed by atoms with Crippen LogP contribution in [-0.2, 0) is 4.74 Å². The molecule has 0 amide bonds. The van der Waals surface area contributed by atoms with Crippen LogP contribution in [0.1, 0.15) is 23.5 Å². The van der Waals surface area contributed by atoms with Gasteiger partial charge in [-0.25, -0.2) is 9.48 Å². The Balaban J connectivity index is 2.03. The van der Waals surface area contributed by atoms with E-state index in [9.17, 15) is 4.79 Å². The van der Waals surface area contributed by atoms with Gasteiger partial charge in [0.1, 0.15) is 0 Å². The Morgan fingerprint density at radius 2 is 2.06 bits per heavy atom. The molecule has 0 aliphatic heterocycles. The second kappa shape index (κ2) is 4.61. The third kappa shape index (κ3) is 2.28. The Morgan fingerprint density at radius 1 is 1.31 bits per heavy atom. The molecule has 0 saturated carbocycles. The molecule has 0 aliphatic carbocycles. The number of hydrogen-bond acceptors (Lipinski definition) is 3. The first-order valence-corrected chi connectivity index (χ1v) is 5.02. The maximum Gasteiger partial charge on any atom is 0.340 e. The minimum absolute atomic E-state index is 0.344. The van der Waals surface area contributed by atoms with Gasteiger partial charge < -0.3 is 4.74 Å². The summed E-state index contributed by atoms with van der Waals surface area (Å²) in [5, 5.41) is 4.00. The van der Waals surface area contributed by atoms with E-state index in [2.05, 4.69) is 5.10 Å². The van der Waals surface area contributed by atoms with E-state index in [0.29, 0.717) is 5.56 Å². The normalized spacial score (nSPS) is 12.1. The molecule has 2 aromatic rings. The van der Waals surface area contributed by atoms with Crippen molar-refractivity contribution in [3.05, 3.63) is 54.4 Å². The summed E-state index contributed by atoms with van der Waals surface area (Å²) >= 11 is 0.